The molecular formula is C54H52N2. The van der Waals surface area contributed by atoms with E-state index < -0.39 is 0 Å². The van der Waals surface area contributed by atoms with E-state index in [1.165, 1.54) is 67.0 Å². The standard InChI is InChI=1S/C54H52N2/c1-37-35-53(43(7)41(5)39(37)3)55(49-15-11-9-12-16-49)51-31-27-47(28-32-51)25-23-45-19-21-46(22-20-45)24-26-48-29-33-52(34-30-48)56(50-17-13-10-14-18-50)54-36-38(2)40(4)42(6)44(54)8/h9-36H,1-8H3. The van der Waals surface area contributed by atoms with E-state index in [2.05, 4.69) is 235 Å². The fraction of sp³-hybridized carbons (Fsp3) is 0.148. The molecule has 7 aromatic carbocycles. The van der Waals surface area contributed by atoms with Crippen molar-refractivity contribution >= 4 is 58.4 Å². The molecule has 7 rings (SSSR count). The van der Waals surface area contributed by atoms with Crippen molar-refractivity contribution in [2.75, 3.05) is 9.80 Å². The Morgan fingerprint density at radius 3 is 0.857 bits per heavy atom. The Bertz CT molecular complexity index is 2330. The van der Waals surface area contributed by atoms with E-state index in [1.807, 2.05) is 0 Å². The summed E-state index contributed by atoms with van der Waals surface area (Å²) in [6.07, 6.45) is 8.75. The second-order valence-corrected chi connectivity index (χ2v) is 15.0. The van der Waals surface area contributed by atoms with Gasteiger partial charge in [0.1, 0.15) is 0 Å². The molecule has 0 aliphatic heterocycles. The fourth-order valence-corrected chi connectivity index (χ4v) is 7.43. The first-order valence-corrected chi connectivity index (χ1v) is 19.6. The van der Waals surface area contributed by atoms with Gasteiger partial charge in [0.2, 0.25) is 0 Å². The molecule has 56 heavy (non-hydrogen) atoms. The highest BCUT2D eigenvalue weighted by Gasteiger charge is 2.19. The van der Waals surface area contributed by atoms with Gasteiger partial charge in [0.05, 0.1) is 0 Å². The van der Waals surface area contributed by atoms with Crippen LogP contribution in [0.2, 0.25) is 0 Å². The van der Waals surface area contributed by atoms with Crippen LogP contribution in [0.4, 0.5) is 34.1 Å². The van der Waals surface area contributed by atoms with Gasteiger partial charge in [0, 0.05) is 34.1 Å². The summed E-state index contributed by atoms with van der Waals surface area (Å²) in [6, 6.07) is 52.4. The molecule has 0 amide bonds. The molecule has 0 unspecified atom stereocenters. The average molecular weight is 729 g/mol. The predicted octanol–water partition coefficient (Wildman–Crippen LogP) is 15.4. The quantitative estimate of drug-likeness (QED) is 0.129. The normalized spacial score (nSPS) is 11.4. The minimum Gasteiger partial charge on any atom is -0.310 e. The molecule has 0 aliphatic rings. The molecule has 2 nitrogen and oxygen atoms in total. The number of aryl methyl sites for hydroxylation is 2. The van der Waals surface area contributed by atoms with E-state index in [9.17, 15) is 0 Å². The summed E-state index contributed by atoms with van der Waals surface area (Å²) in [5, 5.41) is 0. The van der Waals surface area contributed by atoms with Crippen molar-refractivity contribution in [3.05, 3.63) is 212 Å². The SMILES string of the molecule is Cc1cc(N(c2ccccc2)c2ccc(C=Cc3ccc(C=Cc4ccc(N(c5ccccc5)c5cc(C)c(C)c(C)c5C)cc4)cc3)cc2)c(C)c(C)c1C. The molecule has 0 aromatic heterocycles. The molecule has 0 aliphatic carbocycles. The van der Waals surface area contributed by atoms with Gasteiger partial charge in [-0.1, -0.05) is 109 Å². The van der Waals surface area contributed by atoms with Crippen LogP contribution in [-0.4, -0.2) is 0 Å². The molecule has 278 valence electrons. The highest BCUT2D eigenvalue weighted by molar-refractivity contribution is 5.83. The Morgan fingerprint density at radius 2 is 0.554 bits per heavy atom. The number of benzene rings is 7. The second-order valence-electron chi connectivity index (χ2n) is 15.0. The van der Waals surface area contributed by atoms with Gasteiger partial charge < -0.3 is 9.80 Å². The number of para-hydroxylation sites is 2. The number of hydrogen-bond acceptors (Lipinski definition) is 2. The highest BCUT2D eigenvalue weighted by Crippen LogP contribution is 2.41. The van der Waals surface area contributed by atoms with E-state index in [4.69, 9.17) is 0 Å². The number of anilines is 6. The summed E-state index contributed by atoms with van der Waals surface area (Å²) < 4.78 is 0. The van der Waals surface area contributed by atoms with Gasteiger partial charge in [-0.25, -0.2) is 0 Å². The minimum atomic E-state index is 1.14. The van der Waals surface area contributed by atoms with Crippen LogP contribution in [0.1, 0.15) is 66.8 Å². The maximum atomic E-state index is 2.37. The summed E-state index contributed by atoms with van der Waals surface area (Å²) in [5.74, 6) is 0. The van der Waals surface area contributed by atoms with Crippen LogP contribution in [0.5, 0.6) is 0 Å². The Labute approximate surface area is 334 Å². The molecule has 0 heterocycles. The molecule has 0 atom stereocenters. The first kappa shape index (κ1) is 37.9. The molecule has 0 spiro atoms. The van der Waals surface area contributed by atoms with Gasteiger partial charge >= 0.3 is 0 Å². The smallest absolute Gasteiger partial charge is 0.0496 e. The van der Waals surface area contributed by atoms with Crippen molar-refractivity contribution in [2.24, 2.45) is 0 Å². The van der Waals surface area contributed by atoms with Crippen molar-refractivity contribution in [3.8, 4) is 0 Å². The van der Waals surface area contributed by atoms with Gasteiger partial charge in [0.25, 0.3) is 0 Å². The zero-order valence-electron chi connectivity index (χ0n) is 34.1. The molecule has 0 fully saturated rings. The van der Waals surface area contributed by atoms with E-state index in [0.29, 0.717) is 0 Å². The lowest BCUT2D eigenvalue weighted by atomic mass is 9.96. The van der Waals surface area contributed by atoms with Crippen molar-refractivity contribution < 1.29 is 0 Å². The van der Waals surface area contributed by atoms with E-state index in [-0.39, 0.29) is 0 Å². The molecule has 0 bridgehead atoms. The Hall–Kier alpha value is -6.38. The average Bonchev–Trinajstić information content (AvgIpc) is 3.23. The third-order valence-electron chi connectivity index (χ3n) is 11.6. The highest BCUT2D eigenvalue weighted by atomic mass is 15.1. The monoisotopic (exact) mass is 728 g/mol. The topological polar surface area (TPSA) is 6.48 Å². The van der Waals surface area contributed by atoms with Crippen LogP contribution >= 0.6 is 0 Å². The van der Waals surface area contributed by atoms with Crippen LogP contribution < -0.4 is 9.80 Å². The van der Waals surface area contributed by atoms with Crippen molar-refractivity contribution in [1.29, 1.82) is 0 Å². The largest absolute Gasteiger partial charge is 0.310 e. The van der Waals surface area contributed by atoms with Crippen molar-refractivity contribution in [3.63, 3.8) is 0 Å². The second kappa shape index (κ2) is 16.6. The third-order valence-corrected chi connectivity index (χ3v) is 11.6. The molecule has 2 heteroatoms. The lowest BCUT2D eigenvalue weighted by molar-refractivity contribution is 1.17. The van der Waals surface area contributed by atoms with Gasteiger partial charge in [-0.3, -0.25) is 0 Å². The van der Waals surface area contributed by atoms with E-state index in [0.717, 1.165) is 33.9 Å². The third kappa shape index (κ3) is 8.02. The molecule has 0 saturated heterocycles. The summed E-state index contributed by atoms with van der Waals surface area (Å²) in [7, 11) is 0. The lowest BCUT2D eigenvalue weighted by Gasteiger charge is -2.29. The summed E-state index contributed by atoms with van der Waals surface area (Å²) in [5.41, 5.74) is 22.3. The van der Waals surface area contributed by atoms with Crippen molar-refractivity contribution in [2.45, 2.75) is 55.4 Å². The first-order chi connectivity index (χ1) is 27.1. The maximum absolute atomic E-state index is 2.37. The van der Waals surface area contributed by atoms with Gasteiger partial charge in [-0.2, -0.15) is 0 Å². The van der Waals surface area contributed by atoms with Gasteiger partial charge in [0.15, 0.2) is 0 Å². The van der Waals surface area contributed by atoms with Gasteiger partial charge in [-0.15, -0.1) is 0 Å². The molecule has 0 radical (unpaired) electrons. The zero-order valence-corrected chi connectivity index (χ0v) is 34.1. The Morgan fingerprint density at radius 1 is 0.286 bits per heavy atom. The molecule has 7 aromatic rings. The fourth-order valence-electron chi connectivity index (χ4n) is 7.43. The predicted molar refractivity (Wildman–Crippen MR) is 244 cm³/mol. The number of nitrogens with zero attached hydrogens (tertiary/aromatic N) is 2. The first-order valence-electron chi connectivity index (χ1n) is 19.6. The molecule has 0 N–H and O–H groups in total. The van der Waals surface area contributed by atoms with Crippen LogP contribution in [0.3, 0.4) is 0 Å². The maximum Gasteiger partial charge on any atom is 0.0496 e. The number of hydrogen-bond donors (Lipinski definition) is 0. The van der Waals surface area contributed by atoms with Gasteiger partial charge in [-0.05, 0) is 183 Å². The minimum absolute atomic E-state index is 1.14. The van der Waals surface area contributed by atoms with Crippen molar-refractivity contribution in [1.82, 2.24) is 0 Å². The lowest BCUT2D eigenvalue weighted by Crippen LogP contribution is -2.12. The van der Waals surface area contributed by atoms with E-state index in [1.54, 1.807) is 0 Å². The zero-order chi connectivity index (χ0) is 39.3. The summed E-state index contributed by atoms with van der Waals surface area (Å²) in [6.45, 7) is 17.8. The Kier molecular flexibility index (Phi) is 11.2. The van der Waals surface area contributed by atoms with Crippen LogP contribution in [0.15, 0.2) is 146 Å². The summed E-state index contributed by atoms with van der Waals surface area (Å²) in [4.78, 5) is 4.74. The molecular weight excluding hydrogens is 677 g/mol. The van der Waals surface area contributed by atoms with Crippen LogP contribution in [0, 0.1) is 55.4 Å². The van der Waals surface area contributed by atoms with Crippen LogP contribution in [-0.2, 0) is 0 Å². The number of rotatable bonds is 10. The Balaban J connectivity index is 1.05. The van der Waals surface area contributed by atoms with E-state index >= 15 is 0 Å². The summed E-state index contributed by atoms with van der Waals surface area (Å²) >= 11 is 0. The molecule has 0 saturated carbocycles. The van der Waals surface area contributed by atoms with Crippen LogP contribution in [0.25, 0.3) is 24.3 Å².